The van der Waals surface area contributed by atoms with Crippen LogP contribution in [0, 0.1) is 0 Å². The van der Waals surface area contributed by atoms with Gasteiger partial charge >= 0.3 is 5.30 Å². The summed E-state index contributed by atoms with van der Waals surface area (Å²) in [5, 5.41) is 17.1. The summed E-state index contributed by atoms with van der Waals surface area (Å²) < 4.78 is 4.07. The van der Waals surface area contributed by atoms with E-state index in [9.17, 15) is 19.5 Å². The zero-order chi connectivity index (χ0) is 24.4. The Bertz CT molecular complexity index is 1200. The van der Waals surface area contributed by atoms with Crippen LogP contribution >= 0.6 is 33.8 Å². The molecule has 1 saturated heterocycles. The molecule has 2 aromatic rings. The molecule has 11 nitrogen and oxygen atoms in total. The molecule has 4 heterocycles. The summed E-state index contributed by atoms with van der Waals surface area (Å²) in [6, 6.07) is 2.72. The fraction of sp³-hybridized carbons (Fsp3) is 0.350. The van der Waals surface area contributed by atoms with Crippen LogP contribution in [0.2, 0.25) is 0 Å². The fourth-order valence-corrected chi connectivity index (χ4v) is 7.75. The minimum absolute atomic E-state index is 0. The largest absolute Gasteiger partial charge is 1.00 e. The second-order valence-electron chi connectivity index (χ2n) is 7.50. The van der Waals surface area contributed by atoms with Gasteiger partial charge in [0, 0.05) is 38.1 Å². The maximum absolute atomic E-state index is 12.9. The van der Waals surface area contributed by atoms with E-state index in [2.05, 4.69) is 15.5 Å². The van der Waals surface area contributed by atoms with Crippen molar-refractivity contribution in [2.24, 2.45) is 12.2 Å². The summed E-state index contributed by atoms with van der Waals surface area (Å²) in [5.74, 6) is -0.446. The van der Waals surface area contributed by atoms with Crippen LogP contribution in [0.15, 0.2) is 35.1 Å². The summed E-state index contributed by atoms with van der Waals surface area (Å²) in [6.07, 6.45) is 4.96. The van der Waals surface area contributed by atoms with Crippen LogP contribution in [0.25, 0.3) is 0 Å². The molecule has 3 atom stereocenters. The first-order chi connectivity index (χ1) is 16.3. The predicted octanol–water partition coefficient (Wildman–Crippen LogP) is -1.68. The molecule has 0 bridgehead atoms. The third-order valence-corrected chi connectivity index (χ3v) is 9.60. The second-order valence-corrected chi connectivity index (χ2v) is 11.5. The number of hydrogen-bond acceptors (Lipinski definition) is 9. The number of aromatic nitrogens is 2. The van der Waals surface area contributed by atoms with Crippen LogP contribution in [0.3, 0.4) is 0 Å². The molecule has 188 valence electrons. The number of nitrogens with two attached hydrogens (primary N) is 1. The summed E-state index contributed by atoms with van der Waals surface area (Å²) >= 11 is 2.61. The molecule has 35 heavy (non-hydrogen) atoms. The Hall–Kier alpha value is -2.24. The number of nitrogens with one attached hydrogen (secondary N) is 1. The van der Waals surface area contributed by atoms with E-state index >= 15 is 0 Å². The van der Waals surface area contributed by atoms with Crippen LogP contribution in [-0.2, 0) is 27.2 Å². The lowest BCUT2D eigenvalue weighted by Crippen LogP contribution is -3.00. The number of carboxylic acid groups (broad SMARTS) is 1. The van der Waals surface area contributed by atoms with E-state index in [0.29, 0.717) is 18.6 Å². The van der Waals surface area contributed by atoms with Crippen LogP contribution in [0.5, 0.6) is 0 Å². The molecule has 0 aliphatic carbocycles. The number of β-lactam (4-membered cyclic amide) rings is 1. The second kappa shape index (κ2) is 11.7. The number of thiazole rings is 1. The lowest BCUT2D eigenvalue weighted by atomic mass is 9.94. The van der Waals surface area contributed by atoms with Crippen molar-refractivity contribution in [3.05, 3.63) is 41.2 Å². The van der Waals surface area contributed by atoms with Gasteiger partial charge < -0.3 is 45.0 Å². The third-order valence-electron chi connectivity index (χ3n) is 5.29. The van der Waals surface area contributed by atoms with Gasteiger partial charge in [-0.1, -0.05) is 5.16 Å². The summed E-state index contributed by atoms with van der Waals surface area (Å²) in [4.78, 5) is 46.7. The van der Waals surface area contributed by atoms with Crippen LogP contribution in [0.1, 0.15) is 24.1 Å². The SMILES string of the molecule is CON=C(C(=O)NC1C(=O)N2C1CCC(SCc1cc[n+](C)cc1)=S2C(=O)O)c1csc(N)n1.[I-]. The lowest BCUT2D eigenvalue weighted by Gasteiger charge is -2.50. The number of carbonyl (C=O) groups is 3. The number of hydrogen-bond donors (Lipinski definition) is 3. The average molecular weight is 651 g/mol. The van der Waals surface area contributed by atoms with Gasteiger partial charge in [0.25, 0.3) is 11.8 Å². The van der Waals surface area contributed by atoms with Crippen molar-refractivity contribution in [3.8, 4) is 0 Å². The Morgan fingerprint density at radius 3 is 2.77 bits per heavy atom. The highest BCUT2D eigenvalue weighted by Gasteiger charge is 2.53. The predicted molar refractivity (Wildman–Crippen MR) is 131 cm³/mol. The molecule has 4 rings (SSSR count). The fourth-order valence-electron chi connectivity index (χ4n) is 3.66. The van der Waals surface area contributed by atoms with Gasteiger partial charge in [-0.25, -0.2) is 14.3 Å². The molecule has 3 unspecified atom stereocenters. The normalized spacial score (nSPS) is 21.5. The van der Waals surface area contributed by atoms with Crippen molar-refractivity contribution in [2.45, 2.75) is 30.7 Å². The van der Waals surface area contributed by atoms with Crippen molar-refractivity contribution in [2.75, 3.05) is 12.8 Å². The van der Waals surface area contributed by atoms with E-state index in [1.165, 1.54) is 23.2 Å². The summed E-state index contributed by atoms with van der Waals surface area (Å²) in [5.41, 5.74) is 6.85. The van der Waals surface area contributed by atoms with E-state index in [0.717, 1.165) is 21.1 Å². The molecule has 0 spiro atoms. The maximum Gasteiger partial charge on any atom is 0.379 e. The summed E-state index contributed by atoms with van der Waals surface area (Å²) in [6.45, 7) is 0. The van der Waals surface area contributed by atoms with E-state index in [1.807, 2.05) is 36.1 Å². The standard InChI is InChI=1S/C20H22N6O5S3.HI/c1-25-7-5-11(6-8-25)9-32-14-4-3-13-16(18(28)26(13)34(14)20(29)30)23-17(27)15(24-31-2)12-10-33-19(21)22-12;/h5-8,10,13,16H,3-4,9H2,1-2H3,(H3-,21,22,23,27,29,30);1H. The molecule has 0 aromatic carbocycles. The molecule has 2 aliphatic rings. The quantitative estimate of drug-likeness (QED) is 0.0839. The highest BCUT2D eigenvalue weighted by molar-refractivity contribution is 8.39. The molecule has 0 radical (unpaired) electrons. The molecule has 1 fully saturated rings. The number of aryl methyl sites for hydroxylation is 1. The number of thioether (sulfide) groups is 1. The zero-order valence-electron chi connectivity index (χ0n) is 18.7. The molecule has 2 aromatic heterocycles. The number of nitrogens with zero attached hydrogens (tertiary/aromatic N) is 4. The maximum atomic E-state index is 12.9. The van der Waals surface area contributed by atoms with E-state index in [4.69, 9.17) is 10.6 Å². The number of rotatable bonds is 6. The zero-order valence-corrected chi connectivity index (χ0v) is 23.3. The molecular formula is C20H23IN6O5S3. The third kappa shape index (κ3) is 5.78. The molecule has 2 amide bonds. The van der Waals surface area contributed by atoms with Crippen LogP contribution in [0.4, 0.5) is 9.93 Å². The number of amides is 2. The molecular weight excluding hydrogens is 627 g/mol. The highest BCUT2D eigenvalue weighted by atomic mass is 127. The number of nitrogen functional groups attached to an aromatic ring is 1. The molecule has 4 N–H and O–H groups in total. The number of carbonyl (C=O) groups excluding carboxylic acids is 2. The minimum Gasteiger partial charge on any atom is -1.00 e. The van der Waals surface area contributed by atoms with Crippen LogP contribution in [-0.4, -0.2) is 60.6 Å². The smallest absolute Gasteiger partial charge is 0.379 e. The Morgan fingerprint density at radius 1 is 1.46 bits per heavy atom. The van der Waals surface area contributed by atoms with Gasteiger partial charge in [0.15, 0.2) is 23.2 Å². The Labute approximate surface area is 229 Å². The van der Waals surface area contributed by atoms with E-state index in [1.54, 1.807) is 5.38 Å². The van der Waals surface area contributed by atoms with Crippen molar-refractivity contribution in [3.63, 3.8) is 0 Å². The number of pyridine rings is 1. The number of anilines is 1. The number of halogens is 1. The van der Waals surface area contributed by atoms with E-state index in [-0.39, 0.29) is 40.5 Å². The van der Waals surface area contributed by atoms with Gasteiger partial charge in [-0.15, -0.1) is 23.1 Å². The number of fused-ring (bicyclic) bond motifs is 1. The topological polar surface area (TPSA) is 151 Å². The highest BCUT2D eigenvalue weighted by Crippen LogP contribution is 2.44. The first-order valence-corrected chi connectivity index (χ1v) is 13.2. The van der Waals surface area contributed by atoms with Gasteiger partial charge in [0.2, 0.25) is 0 Å². The van der Waals surface area contributed by atoms with E-state index < -0.39 is 39.9 Å². The Morgan fingerprint density at radius 2 is 2.17 bits per heavy atom. The first-order valence-electron chi connectivity index (χ1n) is 10.2. The van der Waals surface area contributed by atoms with Gasteiger partial charge in [-0.05, 0) is 18.4 Å². The van der Waals surface area contributed by atoms with Gasteiger partial charge in [0.05, 0.1) is 6.04 Å². The van der Waals surface area contributed by atoms with Gasteiger partial charge in [0.1, 0.15) is 25.9 Å². The Balaban J connectivity index is 0.00000342. The summed E-state index contributed by atoms with van der Waals surface area (Å²) in [7, 11) is 1.85. The van der Waals surface area contributed by atoms with Crippen LogP contribution < -0.4 is 39.6 Å². The van der Waals surface area contributed by atoms with Crippen molar-refractivity contribution < 1.29 is 52.9 Å². The van der Waals surface area contributed by atoms with Gasteiger partial charge in [-0.2, -0.15) is 0 Å². The molecule has 0 saturated carbocycles. The average Bonchev–Trinajstić information content (AvgIpc) is 3.25. The molecule has 15 heteroatoms. The van der Waals surface area contributed by atoms with Crippen molar-refractivity contribution in [1.82, 2.24) is 14.6 Å². The van der Waals surface area contributed by atoms with Gasteiger partial charge in [-0.3, -0.25) is 13.9 Å². The monoisotopic (exact) mass is 650 g/mol. The molecule has 2 aliphatic heterocycles. The van der Waals surface area contributed by atoms with Crippen molar-refractivity contribution in [1.29, 1.82) is 0 Å². The minimum atomic E-state index is -1.37. The first kappa shape index (κ1) is 27.3. The van der Waals surface area contributed by atoms with Crippen molar-refractivity contribution >= 4 is 65.9 Å². The lowest BCUT2D eigenvalue weighted by molar-refractivity contribution is -0.671. The number of oxime groups is 1. The Kier molecular flexibility index (Phi) is 9.11.